The Labute approximate surface area is 338 Å². The molecular weight excluding hydrogens is 847 g/mol. The molecule has 53 heavy (non-hydrogen) atoms. The number of ketones is 1. The fraction of sp³-hybridized carbons (Fsp3) is 0.458. The summed E-state index contributed by atoms with van der Waals surface area (Å²) in [5.74, 6) is 2.28. The van der Waals surface area contributed by atoms with Crippen LogP contribution in [0.15, 0.2) is 72.6 Å². The third-order valence-electron chi connectivity index (χ3n) is 10.4. The molecule has 0 spiro atoms. The number of rotatable bonds is 10. The summed E-state index contributed by atoms with van der Waals surface area (Å²) < 4.78 is 4.65. The van der Waals surface area contributed by atoms with Crippen LogP contribution in [0, 0.1) is 55.4 Å². The van der Waals surface area contributed by atoms with Crippen molar-refractivity contribution in [2.24, 2.45) is 41.4 Å². The van der Waals surface area contributed by atoms with E-state index in [1.54, 1.807) is 0 Å². The summed E-state index contributed by atoms with van der Waals surface area (Å²) in [7, 11) is 4.38. The number of carbonyl (C=O) groups is 1. The molecule has 5 rings (SSSR count). The molecule has 0 bridgehead atoms. The number of aliphatic hydroxyl groups is 1. The Hall–Kier alpha value is -3.11. The molecule has 3 nitrogen and oxygen atoms in total. The van der Waals surface area contributed by atoms with E-state index in [1.807, 2.05) is 15.9 Å². The van der Waals surface area contributed by atoms with Crippen LogP contribution in [-0.2, 0) is 36.7 Å². The zero-order valence-corrected chi connectivity index (χ0v) is 37.8. The molecular formula is C48H64IrNO2S-. The number of hydrogen-bond donors (Lipinski definition) is 1. The zero-order valence-electron chi connectivity index (χ0n) is 34.6. The number of carbonyl (C=O) groups excluding carboxylic acids is 1. The van der Waals surface area contributed by atoms with Crippen LogP contribution in [-0.4, -0.2) is 10.9 Å². The van der Waals surface area contributed by atoms with Crippen molar-refractivity contribution in [2.75, 3.05) is 0 Å². The first kappa shape index (κ1) is 44.3. The largest absolute Gasteiger partial charge is 0.512 e. The number of thiophene rings is 1. The topological polar surface area (TPSA) is 41.2 Å². The van der Waals surface area contributed by atoms with Gasteiger partial charge in [-0.25, -0.2) is 0 Å². The van der Waals surface area contributed by atoms with Gasteiger partial charge < -0.3 is 9.67 Å². The van der Waals surface area contributed by atoms with Crippen molar-refractivity contribution in [1.82, 2.24) is 0 Å². The summed E-state index contributed by atoms with van der Waals surface area (Å²) in [5, 5.41) is 15.4. The van der Waals surface area contributed by atoms with Crippen LogP contribution in [0.5, 0.6) is 0 Å². The van der Waals surface area contributed by atoms with Crippen molar-refractivity contribution >= 4 is 48.1 Å². The van der Waals surface area contributed by atoms with Gasteiger partial charge in [-0.3, -0.25) is 4.79 Å². The number of nitrogens with zero attached hydrogens (tertiary/aromatic N) is 1. The van der Waals surface area contributed by atoms with Gasteiger partial charge in [0.1, 0.15) is 0 Å². The Balaban J connectivity index is 0.000000327. The van der Waals surface area contributed by atoms with Crippen molar-refractivity contribution in [3.63, 3.8) is 0 Å². The number of allylic oxidation sites excluding steroid dienone is 2. The second-order valence-corrected chi connectivity index (χ2v) is 18.7. The van der Waals surface area contributed by atoms with Gasteiger partial charge in [0, 0.05) is 54.5 Å². The van der Waals surface area contributed by atoms with Crippen LogP contribution in [0.4, 0.5) is 0 Å². The van der Waals surface area contributed by atoms with Crippen molar-refractivity contribution in [1.29, 1.82) is 0 Å². The van der Waals surface area contributed by atoms with Gasteiger partial charge in [-0.2, -0.15) is 12.5 Å². The molecule has 2 heterocycles. The summed E-state index contributed by atoms with van der Waals surface area (Å²) in [4.78, 5) is 12.3. The van der Waals surface area contributed by atoms with Crippen LogP contribution >= 0.6 is 11.3 Å². The fourth-order valence-electron chi connectivity index (χ4n) is 8.23. The van der Waals surface area contributed by atoms with Crippen LogP contribution < -0.4 is 4.57 Å². The number of fused-ring (bicyclic) bond motifs is 4. The van der Waals surface area contributed by atoms with Crippen molar-refractivity contribution in [3.8, 4) is 11.3 Å². The molecule has 0 atom stereocenters. The summed E-state index contributed by atoms with van der Waals surface area (Å²) in [6.07, 6.45) is 4.68. The number of aliphatic hydroxyl groups excluding tert-OH is 1. The molecule has 0 saturated heterocycles. The van der Waals surface area contributed by atoms with Crippen molar-refractivity contribution in [3.05, 3.63) is 103 Å². The Kier molecular flexibility index (Phi) is 15.1. The molecule has 3 aromatic carbocycles. The Morgan fingerprint density at radius 3 is 1.89 bits per heavy atom. The van der Waals surface area contributed by atoms with Gasteiger partial charge in [-0.15, -0.1) is 34.4 Å². The molecule has 0 amide bonds. The van der Waals surface area contributed by atoms with E-state index in [2.05, 4.69) is 165 Å². The Morgan fingerprint density at radius 1 is 0.792 bits per heavy atom. The van der Waals surface area contributed by atoms with Crippen LogP contribution in [0.3, 0.4) is 0 Å². The molecule has 0 aliphatic rings. The maximum absolute atomic E-state index is 12.3. The molecule has 1 radical (unpaired) electrons. The minimum Gasteiger partial charge on any atom is -0.512 e. The molecule has 1 N–H and O–H groups in total. The summed E-state index contributed by atoms with van der Waals surface area (Å²) >= 11 is 1.88. The second-order valence-electron chi connectivity index (χ2n) is 17.7. The van der Waals surface area contributed by atoms with E-state index in [1.165, 1.54) is 53.7 Å². The van der Waals surface area contributed by atoms with E-state index < -0.39 is 0 Å². The molecule has 0 unspecified atom stereocenters. The zero-order chi connectivity index (χ0) is 38.8. The van der Waals surface area contributed by atoms with Gasteiger partial charge in [0.25, 0.3) is 0 Å². The van der Waals surface area contributed by atoms with Crippen LogP contribution in [0.1, 0.15) is 107 Å². The first-order valence-corrected chi connectivity index (χ1v) is 20.1. The first-order valence-electron chi connectivity index (χ1n) is 19.3. The molecule has 0 saturated carbocycles. The third-order valence-corrected chi connectivity index (χ3v) is 11.6. The minimum absolute atomic E-state index is 0. The predicted octanol–water partition coefficient (Wildman–Crippen LogP) is 13.3. The smallest absolute Gasteiger partial charge is 0.162 e. The Bertz CT molecular complexity index is 2040. The van der Waals surface area contributed by atoms with E-state index >= 15 is 0 Å². The SMILES string of the molecule is CC(C)C(C(=O)/C=C(\O)C(C(C)C)C(C)C)C(C)C.[CH2-]c1c(-c2c3sc4cc(CC(C)C)ccc4c3cc[n+]2[CH2-])cc(C(C)(C)C)c2ccccc12.[Ir]. The van der Waals surface area contributed by atoms with E-state index in [9.17, 15) is 9.90 Å². The van der Waals surface area contributed by atoms with Crippen LogP contribution in [0.2, 0.25) is 0 Å². The number of pyridine rings is 1. The van der Waals surface area contributed by atoms with Crippen LogP contribution in [0.25, 0.3) is 42.2 Å². The predicted molar refractivity (Wildman–Crippen MR) is 227 cm³/mol. The van der Waals surface area contributed by atoms with Crippen molar-refractivity contribution in [2.45, 2.75) is 102 Å². The van der Waals surface area contributed by atoms with Gasteiger partial charge in [0.15, 0.2) is 5.78 Å². The maximum Gasteiger partial charge on any atom is 0.162 e. The normalized spacial score (nSPS) is 12.6. The summed E-state index contributed by atoms with van der Waals surface area (Å²) in [6, 6.07) is 20.2. The standard InChI is InChI=1S/C31H32NS.C17H32O2.Ir/c1-19(2)16-21-12-13-24-25-14-15-32(7)29(30(25)33-28(24)17-21)26-18-27(31(4,5)6)23-11-9-8-10-22(23)20(26)3;1-10(2)16(11(3)4)14(18)9-15(19)17(12(5)6)13(7)8;/h8-15,17-19H,3,7,16H2,1-2,4-6H3;9-13,16-18H,1-8H3;/q-1;;/b;14-9-;. The average molecular weight is 911 g/mol. The van der Waals surface area contributed by atoms with Crippen molar-refractivity contribution < 1.29 is 34.6 Å². The molecule has 0 aliphatic carbocycles. The summed E-state index contributed by atoms with van der Waals surface area (Å²) in [5.41, 5.74) is 6.17. The quantitative estimate of drug-likeness (QED) is 0.0656. The second kappa shape index (κ2) is 18.0. The monoisotopic (exact) mass is 911 g/mol. The minimum atomic E-state index is -0.0119. The van der Waals surface area contributed by atoms with Gasteiger partial charge in [0.05, 0.1) is 17.6 Å². The maximum atomic E-state index is 12.3. The van der Waals surface area contributed by atoms with E-state index in [4.69, 9.17) is 0 Å². The molecule has 0 aliphatic heterocycles. The number of hydrogen-bond acceptors (Lipinski definition) is 3. The van der Waals surface area contributed by atoms with E-state index in [0.717, 1.165) is 17.7 Å². The fourth-order valence-corrected chi connectivity index (χ4v) is 9.56. The van der Waals surface area contributed by atoms with Gasteiger partial charge in [-0.1, -0.05) is 131 Å². The molecule has 5 heteroatoms. The third kappa shape index (κ3) is 9.96. The molecule has 0 fully saturated rings. The van der Waals surface area contributed by atoms with Gasteiger partial charge in [0.2, 0.25) is 0 Å². The van der Waals surface area contributed by atoms with Gasteiger partial charge >= 0.3 is 0 Å². The summed E-state index contributed by atoms with van der Waals surface area (Å²) in [6.45, 7) is 32.6. The van der Waals surface area contributed by atoms with E-state index in [0.29, 0.717) is 29.6 Å². The average Bonchev–Trinajstić information content (AvgIpc) is 3.38. The van der Waals surface area contributed by atoms with E-state index in [-0.39, 0.29) is 48.9 Å². The number of aromatic nitrogens is 1. The molecule has 289 valence electrons. The molecule has 5 aromatic rings. The number of benzene rings is 3. The van der Waals surface area contributed by atoms with Gasteiger partial charge in [-0.05, 0) is 69.9 Å². The molecule has 2 aromatic heterocycles. The Morgan fingerprint density at radius 2 is 1.36 bits per heavy atom. The first-order chi connectivity index (χ1) is 24.2.